The normalized spacial score (nSPS) is 10.1. The van der Waals surface area contributed by atoms with Crippen molar-refractivity contribution in [2.24, 2.45) is 0 Å². The fourth-order valence-corrected chi connectivity index (χ4v) is 1.60. The van der Waals surface area contributed by atoms with Crippen LogP contribution in [-0.4, -0.2) is 27.4 Å². The van der Waals surface area contributed by atoms with Gasteiger partial charge < -0.3 is 9.84 Å². The highest BCUT2D eigenvalue weighted by Gasteiger charge is 2.19. The highest BCUT2D eigenvalue weighted by atomic mass is 16.5. The van der Waals surface area contributed by atoms with Crippen molar-refractivity contribution in [2.75, 3.05) is 5.32 Å². The van der Waals surface area contributed by atoms with Crippen LogP contribution in [0.3, 0.4) is 0 Å². The van der Waals surface area contributed by atoms with Gasteiger partial charge >= 0.3 is 12.1 Å². The molecule has 0 unspecified atom stereocenters. The van der Waals surface area contributed by atoms with Crippen molar-refractivity contribution in [3.63, 3.8) is 0 Å². The molecule has 0 bridgehead atoms. The minimum Gasteiger partial charge on any atom is -0.476 e. The lowest BCUT2D eigenvalue weighted by Crippen LogP contribution is -2.16. The van der Waals surface area contributed by atoms with Crippen LogP contribution in [0.2, 0.25) is 0 Å². The van der Waals surface area contributed by atoms with E-state index >= 15 is 0 Å². The number of hydrogen-bond donors (Lipinski definition) is 3. The number of rotatable bonds is 4. The summed E-state index contributed by atoms with van der Waals surface area (Å²) in [7, 11) is 0. The largest absolute Gasteiger partial charge is 0.476 e. The van der Waals surface area contributed by atoms with Crippen LogP contribution in [0.5, 0.6) is 0 Å². The van der Waals surface area contributed by atoms with E-state index in [0.717, 1.165) is 5.56 Å². The number of nitrogens with one attached hydrogen (secondary N) is 2. The van der Waals surface area contributed by atoms with Gasteiger partial charge in [0.05, 0.1) is 11.4 Å². The second-order valence-electron chi connectivity index (χ2n) is 4.06. The van der Waals surface area contributed by atoms with Gasteiger partial charge in [0.2, 0.25) is 0 Å². The third-order valence-electron chi connectivity index (χ3n) is 2.59. The second kappa shape index (κ2) is 5.87. The van der Waals surface area contributed by atoms with Gasteiger partial charge in [-0.3, -0.25) is 10.4 Å². The van der Waals surface area contributed by atoms with Crippen LogP contribution < -0.4 is 5.32 Å². The summed E-state index contributed by atoms with van der Waals surface area (Å²) in [5.74, 6) is -1.23. The number of aromatic carboxylic acids is 1. The molecule has 7 heteroatoms. The maximum atomic E-state index is 11.6. The third kappa shape index (κ3) is 3.14. The summed E-state index contributed by atoms with van der Waals surface area (Å²) in [5.41, 5.74) is 1.14. The van der Waals surface area contributed by atoms with Crippen molar-refractivity contribution < 1.29 is 19.4 Å². The van der Waals surface area contributed by atoms with Crippen molar-refractivity contribution in [2.45, 2.75) is 13.5 Å². The minimum atomic E-state index is -1.23. The first kappa shape index (κ1) is 13.6. The van der Waals surface area contributed by atoms with Crippen LogP contribution in [0, 0.1) is 6.92 Å². The number of anilines is 1. The number of nitrogens with zero attached hydrogens (tertiary/aromatic N) is 1. The lowest BCUT2D eigenvalue weighted by atomic mass is 10.2. The Hall–Kier alpha value is -2.83. The molecule has 0 fully saturated rings. The van der Waals surface area contributed by atoms with Gasteiger partial charge in [-0.15, -0.1) is 0 Å². The Morgan fingerprint density at radius 2 is 2.05 bits per heavy atom. The van der Waals surface area contributed by atoms with E-state index in [-0.39, 0.29) is 18.0 Å². The maximum Gasteiger partial charge on any atom is 0.412 e. The summed E-state index contributed by atoms with van der Waals surface area (Å²) in [6, 6.07) is 9.16. The molecule has 0 aliphatic carbocycles. The number of H-pyrrole nitrogens is 1. The molecule has 3 N–H and O–H groups in total. The number of benzene rings is 1. The van der Waals surface area contributed by atoms with E-state index in [1.54, 1.807) is 6.92 Å². The Balaban J connectivity index is 1.98. The standard InChI is InChI=1S/C13H13N3O4/c1-8-10(11(12(17)18)16-15-8)14-13(19)20-7-9-5-3-2-4-6-9/h2-6H,7H2,1H3,(H,14,19)(H,15,16)(H,17,18). The van der Waals surface area contributed by atoms with Crippen molar-refractivity contribution in [1.82, 2.24) is 10.2 Å². The van der Waals surface area contributed by atoms with Gasteiger partial charge in [-0.25, -0.2) is 9.59 Å². The summed E-state index contributed by atoms with van der Waals surface area (Å²) in [6.07, 6.45) is -0.735. The fraction of sp³-hybridized carbons (Fsp3) is 0.154. The summed E-state index contributed by atoms with van der Waals surface area (Å²) in [5, 5.41) is 17.4. The number of aromatic nitrogens is 2. The Morgan fingerprint density at radius 3 is 2.70 bits per heavy atom. The molecule has 0 aliphatic rings. The Labute approximate surface area is 114 Å². The summed E-state index contributed by atoms with van der Waals surface area (Å²) >= 11 is 0. The molecule has 1 heterocycles. The van der Waals surface area contributed by atoms with Gasteiger partial charge in [-0.05, 0) is 12.5 Å². The molecule has 104 valence electrons. The van der Waals surface area contributed by atoms with Crippen LogP contribution in [0.15, 0.2) is 30.3 Å². The molecule has 7 nitrogen and oxygen atoms in total. The Kier molecular flexibility index (Phi) is 3.99. The van der Waals surface area contributed by atoms with Crippen LogP contribution in [0.25, 0.3) is 0 Å². The molecule has 0 radical (unpaired) electrons. The topological polar surface area (TPSA) is 104 Å². The lowest BCUT2D eigenvalue weighted by Gasteiger charge is -2.07. The predicted molar refractivity (Wildman–Crippen MR) is 70.5 cm³/mol. The van der Waals surface area contributed by atoms with Crippen LogP contribution in [0.4, 0.5) is 10.5 Å². The zero-order valence-electron chi connectivity index (χ0n) is 10.7. The zero-order chi connectivity index (χ0) is 14.5. The molecule has 1 aromatic heterocycles. The average molecular weight is 275 g/mol. The van der Waals surface area contributed by atoms with Crippen molar-refractivity contribution in [1.29, 1.82) is 0 Å². The molecule has 20 heavy (non-hydrogen) atoms. The molecule has 0 saturated carbocycles. The van der Waals surface area contributed by atoms with Crippen LogP contribution >= 0.6 is 0 Å². The van der Waals surface area contributed by atoms with Gasteiger partial charge in [-0.1, -0.05) is 30.3 Å². The third-order valence-corrected chi connectivity index (χ3v) is 2.59. The van der Waals surface area contributed by atoms with Crippen molar-refractivity contribution in [3.8, 4) is 0 Å². The highest BCUT2D eigenvalue weighted by Crippen LogP contribution is 2.17. The average Bonchev–Trinajstić information content (AvgIpc) is 2.79. The Bertz CT molecular complexity index is 622. The van der Waals surface area contributed by atoms with Crippen LogP contribution in [-0.2, 0) is 11.3 Å². The number of hydrogen-bond acceptors (Lipinski definition) is 4. The smallest absolute Gasteiger partial charge is 0.412 e. The number of carbonyl (C=O) groups excluding carboxylic acids is 1. The Morgan fingerprint density at radius 1 is 1.35 bits per heavy atom. The number of amides is 1. The summed E-state index contributed by atoms with van der Waals surface area (Å²) in [6.45, 7) is 1.71. The number of aromatic amines is 1. The fourth-order valence-electron chi connectivity index (χ4n) is 1.60. The monoisotopic (exact) mass is 275 g/mol. The number of aryl methyl sites for hydroxylation is 1. The predicted octanol–water partition coefficient (Wildman–Crippen LogP) is 2.17. The zero-order valence-corrected chi connectivity index (χ0v) is 10.7. The first-order valence-electron chi connectivity index (χ1n) is 5.84. The first-order chi connectivity index (χ1) is 9.58. The highest BCUT2D eigenvalue weighted by molar-refractivity contribution is 5.97. The van der Waals surface area contributed by atoms with E-state index in [4.69, 9.17) is 9.84 Å². The molecule has 0 spiro atoms. The number of ether oxygens (including phenoxy) is 1. The van der Waals surface area contributed by atoms with E-state index in [2.05, 4.69) is 15.5 Å². The molecule has 0 aliphatic heterocycles. The SMILES string of the molecule is Cc1[nH]nc(C(=O)O)c1NC(=O)OCc1ccccc1. The van der Waals surface area contributed by atoms with E-state index in [1.165, 1.54) is 0 Å². The van der Waals surface area contributed by atoms with Gasteiger partial charge in [0, 0.05) is 0 Å². The molecular formula is C13H13N3O4. The maximum absolute atomic E-state index is 11.6. The van der Waals surface area contributed by atoms with Gasteiger partial charge in [-0.2, -0.15) is 5.10 Å². The summed E-state index contributed by atoms with van der Waals surface area (Å²) in [4.78, 5) is 22.6. The molecule has 1 aromatic carbocycles. The van der Waals surface area contributed by atoms with Crippen LogP contribution in [0.1, 0.15) is 21.7 Å². The molecule has 0 saturated heterocycles. The van der Waals surface area contributed by atoms with Crippen molar-refractivity contribution >= 4 is 17.7 Å². The van der Waals surface area contributed by atoms with Crippen molar-refractivity contribution in [3.05, 3.63) is 47.3 Å². The molecular weight excluding hydrogens is 262 g/mol. The number of carbonyl (C=O) groups is 2. The molecule has 0 atom stereocenters. The van der Waals surface area contributed by atoms with E-state index in [0.29, 0.717) is 5.69 Å². The van der Waals surface area contributed by atoms with Gasteiger partial charge in [0.25, 0.3) is 0 Å². The summed E-state index contributed by atoms with van der Waals surface area (Å²) < 4.78 is 5.01. The minimum absolute atomic E-state index is 0.103. The van der Waals surface area contributed by atoms with E-state index in [1.807, 2.05) is 30.3 Å². The van der Waals surface area contributed by atoms with Gasteiger partial charge in [0.15, 0.2) is 5.69 Å². The van der Waals surface area contributed by atoms with E-state index in [9.17, 15) is 9.59 Å². The number of carboxylic acid groups (broad SMARTS) is 1. The number of carboxylic acids is 1. The van der Waals surface area contributed by atoms with Gasteiger partial charge in [0.1, 0.15) is 6.61 Å². The first-order valence-corrected chi connectivity index (χ1v) is 5.84. The lowest BCUT2D eigenvalue weighted by molar-refractivity contribution is 0.0691. The molecule has 1 amide bonds. The quantitative estimate of drug-likeness (QED) is 0.793. The van der Waals surface area contributed by atoms with E-state index < -0.39 is 12.1 Å². The molecule has 2 aromatic rings. The molecule has 2 rings (SSSR count). The second-order valence-corrected chi connectivity index (χ2v) is 4.06.